The molecule has 0 fully saturated rings. The molecule has 0 aromatic heterocycles. The van der Waals surface area contributed by atoms with Gasteiger partial charge in [-0.1, -0.05) is 0 Å². The van der Waals surface area contributed by atoms with E-state index < -0.39 is 53.5 Å². The van der Waals surface area contributed by atoms with Crippen LogP contribution in [-0.2, 0) is 68.2 Å². The molecule has 0 heterocycles. The van der Waals surface area contributed by atoms with Crippen molar-refractivity contribution < 1.29 is 95.8 Å². The number of hydrogen-bond donors (Lipinski definition) is 5. The third kappa shape index (κ3) is 34.1. The lowest BCUT2D eigenvalue weighted by Crippen LogP contribution is -2.28. The lowest BCUT2D eigenvalue weighted by molar-refractivity contribution is -0.0228. The second-order valence-electron chi connectivity index (χ2n) is 12.2. The summed E-state index contributed by atoms with van der Waals surface area (Å²) in [5, 5.41) is 2.65. The molecule has 0 aliphatic rings. The number of benzene rings is 1. The Labute approximate surface area is 352 Å². The molecule has 26 heteroatoms. The van der Waals surface area contributed by atoms with E-state index in [1.807, 2.05) is 0 Å². The number of amides is 1. The number of carbonyl (C=O) groups excluding carboxylic acids is 1. The van der Waals surface area contributed by atoms with Crippen LogP contribution in [0.2, 0.25) is 0 Å². The zero-order valence-corrected chi connectivity index (χ0v) is 36.2. The normalized spacial score (nSPS) is 12.1. The number of ether oxygens (including phenoxy) is 11. The van der Waals surface area contributed by atoms with Gasteiger partial charge in [0.25, 0.3) is 36.3 Å². The predicted octanol–water partition coefficient (Wildman–Crippen LogP) is -0.522. The van der Waals surface area contributed by atoms with Gasteiger partial charge in [0, 0.05) is 18.7 Å². The Bertz CT molecular complexity index is 1540. The lowest BCUT2D eigenvalue weighted by atomic mass is 10.1. The zero-order valence-electron chi connectivity index (χ0n) is 33.7. The van der Waals surface area contributed by atoms with Crippen molar-refractivity contribution >= 4 is 36.3 Å². The van der Waals surface area contributed by atoms with E-state index in [4.69, 9.17) is 71.5 Å². The van der Waals surface area contributed by atoms with E-state index in [0.717, 1.165) is 0 Å². The van der Waals surface area contributed by atoms with Crippen LogP contribution in [0.1, 0.15) is 29.6 Å². The van der Waals surface area contributed by atoms with E-state index in [1.165, 1.54) is 12.1 Å². The molecule has 352 valence electrons. The zero-order chi connectivity index (χ0) is 44.4. The summed E-state index contributed by atoms with van der Waals surface area (Å²) in [6, 6.07) is 2.51. The summed E-state index contributed by atoms with van der Waals surface area (Å²) in [6.07, 6.45) is -0.487. The molecule has 0 saturated carbocycles. The van der Waals surface area contributed by atoms with Gasteiger partial charge in [-0.15, -0.1) is 0 Å². The third-order valence-corrected chi connectivity index (χ3v) is 9.50. The van der Waals surface area contributed by atoms with Crippen LogP contribution in [0.4, 0.5) is 0 Å². The molecule has 60 heavy (non-hydrogen) atoms. The minimum atomic E-state index is -4.30. The molecule has 0 atom stereocenters. The fraction of sp³-hybridized carbons (Fsp3) is 0.794. The van der Waals surface area contributed by atoms with Gasteiger partial charge in [-0.3, -0.25) is 18.5 Å². The molecule has 0 spiro atoms. The first-order valence-electron chi connectivity index (χ1n) is 19.1. The highest BCUT2D eigenvalue weighted by molar-refractivity contribution is 7.86. The van der Waals surface area contributed by atoms with Crippen LogP contribution in [0, 0.1) is 0 Å². The SMILES string of the molecule is NCCOCCOCCOCCOCCOCCOCCOCCOCCNC(=O)c1cc(OCCCS(=O)(=O)O)c(OCCCS(=O)(=O)O)c(OCCCS(=O)(=O)O)c1. The first-order chi connectivity index (χ1) is 28.6. The Morgan fingerprint density at radius 3 is 1.08 bits per heavy atom. The van der Waals surface area contributed by atoms with Crippen molar-refractivity contribution in [3.8, 4) is 17.2 Å². The Morgan fingerprint density at radius 1 is 0.467 bits per heavy atom. The van der Waals surface area contributed by atoms with E-state index in [-0.39, 0.29) is 88.3 Å². The first kappa shape index (κ1) is 55.5. The minimum absolute atomic E-state index is 0.0162. The molecule has 0 bridgehead atoms. The van der Waals surface area contributed by atoms with Gasteiger partial charge in [-0.2, -0.15) is 25.3 Å². The molecular weight excluding hydrogens is 869 g/mol. The predicted molar refractivity (Wildman–Crippen MR) is 214 cm³/mol. The Kier molecular flexibility index (Phi) is 31.4. The molecule has 1 aromatic rings. The van der Waals surface area contributed by atoms with Crippen LogP contribution in [-0.4, -0.2) is 201 Å². The highest BCUT2D eigenvalue weighted by Gasteiger charge is 2.20. The maximum atomic E-state index is 13.1. The van der Waals surface area contributed by atoms with Crippen molar-refractivity contribution in [1.29, 1.82) is 0 Å². The van der Waals surface area contributed by atoms with Gasteiger partial charge in [0.15, 0.2) is 11.5 Å². The van der Waals surface area contributed by atoms with Gasteiger partial charge < -0.3 is 63.2 Å². The van der Waals surface area contributed by atoms with Gasteiger partial charge in [-0.05, 0) is 31.4 Å². The second-order valence-corrected chi connectivity index (χ2v) is 16.9. The van der Waals surface area contributed by atoms with Crippen molar-refractivity contribution in [1.82, 2.24) is 5.32 Å². The topological polar surface area (TPSA) is 320 Å². The van der Waals surface area contributed by atoms with Crippen molar-refractivity contribution in [3.05, 3.63) is 17.7 Å². The molecule has 1 rings (SSSR count). The largest absolute Gasteiger partial charge is 0.489 e. The van der Waals surface area contributed by atoms with Crippen LogP contribution >= 0.6 is 0 Å². The number of hydrogen-bond acceptors (Lipinski definition) is 19. The van der Waals surface area contributed by atoms with E-state index in [2.05, 4.69) is 5.32 Å². The lowest BCUT2D eigenvalue weighted by Gasteiger charge is -2.19. The Balaban J connectivity index is 2.39. The summed E-state index contributed by atoms with van der Waals surface area (Å²) in [5.74, 6) is -2.90. The van der Waals surface area contributed by atoms with Crippen LogP contribution in [0.5, 0.6) is 17.2 Å². The average Bonchev–Trinajstić information content (AvgIpc) is 3.17. The van der Waals surface area contributed by atoms with Gasteiger partial charge in [0.1, 0.15) is 0 Å². The molecule has 1 amide bonds. The molecule has 0 aliphatic heterocycles. The number of carbonyl (C=O) groups is 1. The third-order valence-electron chi connectivity index (χ3n) is 7.08. The van der Waals surface area contributed by atoms with Gasteiger partial charge in [0.05, 0.1) is 143 Å². The monoisotopic (exact) mass is 930 g/mol. The maximum absolute atomic E-state index is 13.1. The Morgan fingerprint density at radius 2 is 0.767 bits per heavy atom. The molecule has 1 aromatic carbocycles. The first-order valence-corrected chi connectivity index (χ1v) is 24.0. The van der Waals surface area contributed by atoms with Crippen molar-refractivity contribution in [2.75, 3.05) is 156 Å². The molecule has 0 saturated heterocycles. The van der Waals surface area contributed by atoms with E-state index >= 15 is 0 Å². The van der Waals surface area contributed by atoms with Gasteiger partial charge in [-0.25, -0.2) is 0 Å². The average molecular weight is 931 g/mol. The molecule has 0 radical (unpaired) electrons. The van der Waals surface area contributed by atoms with Crippen molar-refractivity contribution in [3.63, 3.8) is 0 Å². The van der Waals surface area contributed by atoms with Gasteiger partial charge in [0.2, 0.25) is 5.75 Å². The maximum Gasteiger partial charge on any atom is 0.264 e. The molecule has 0 aliphatic carbocycles. The number of rotatable bonds is 42. The summed E-state index contributed by atoms with van der Waals surface area (Å²) in [6.45, 7) is 6.05. The van der Waals surface area contributed by atoms with E-state index in [1.54, 1.807) is 0 Å². The second kappa shape index (κ2) is 34.0. The van der Waals surface area contributed by atoms with E-state index in [9.17, 15) is 30.0 Å². The fourth-order valence-electron chi connectivity index (χ4n) is 4.39. The minimum Gasteiger partial charge on any atom is -0.489 e. The van der Waals surface area contributed by atoms with Crippen LogP contribution < -0.4 is 25.3 Å². The summed E-state index contributed by atoms with van der Waals surface area (Å²) >= 11 is 0. The van der Waals surface area contributed by atoms with Crippen molar-refractivity contribution in [2.24, 2.45) is 5.73 Å². The summed E-state index contributed by atoms with van der Waals surface area (Å²) in [7, 11) is -12.9. The molecular formula is C34H62N2O21S3. The van der Waals surface area contributed by atoms with Crippen LogP contribution in [0.15, 0.2) is 12.1 Å². The highest BCUT2D eigenvalue weighted by atomic mass is 32.2. The van der Waals surface area contributed by atoms with Crippen molar-refractivity contribution in [2.45, 2.75) is 19.3 Å². The standard InChI is InChI=1S/C34H62N2O21S3/c35-4-9-47-11-13-49-15-17-51-19-21-53-23-24-54-22-20-52-18-16-50-14-12-48-10-5-36-34(37)30-28-31(55-6-1-25-58(38,39)40)33(57-8-3-27-60(44,45)46)32(29-30)56-7-2-26-59(41,42)43/h28-29H,1-27,35H2,(H,36,37)(H,38,39,40)(H,41,42,43)(H,44,45,46). The van der Waals surface area contributed by atoms with E-state index in [0.29, 0.717) is 92.4 Å². The Hall–Kier alpha value is -2.54. The van der Waals surface area contributed by atoms with Crippen LogP contribution in [0.25, 0.3) is 0 Å². The van der Waals surface area contributed by atoms with Gasteiger partial charge >= 0.3 is 0 Å². The summed E-state index contributed by atoms with van der Waals surface area (Å²) < 4.78 is 154. The fourth-order valence-corrected chi connectivity index (χ4v) is 5.84. The highest BCUT2D eigenvalue weighted by Crippen LogP contribution is 2.39. The molecule has 0 unspecified atom stereocenters. The number of nitrogens with one attached hydrogen (secondary N) is 1. The van der Waals surface area contributed by atoms with Crippen LogP contribution in [0.3, 0.4) is 0 Å². The summed E-state index contributed by atoms with van der Waals surface area (Å²) in [4.78, 5) is 13.1. The quantitative estimate of drug-likeness (QED) is 0.0407. The molecule has 6 N–H and O–H groups in total. The smallest absolute Gasteiger partial charge is 0.264 e. The summed E-state index contributed by atoms with van der Waals surface area (Å²) in [5.41, 5.74) is 5.31. The number of nitrogens with two attached hydrogens (primary N) is 1. The molecule has 23 nitrogen and oxygen atoms in total.